The number of hydrazine groups is 2. The summed E-state index contributed by atoms with van der Waals surface area (Å²) in [5, 5.41) is 19.9. The maximum atomic E-state index is 14.0. The molecule has 0 unspecified atom stereocenters. The molecule has 3 heterocycles. The topological polar surface area (TPSA) is 112 Å². The highest BCUT2D eigenvalue weighted by Crippen LogP contribution is 2.38. The van der Waals surface area contributed by atoms with E-state index in [1.807, 2.05) is 37.3 Å². The van der Waals surface area contributed by atoms with Gasteiger partial charge < -0.3 is 21.0 Å². The number of amides is 1. The molecule has 3 aromatic carbocycles. The van der Waals surface area contributed by atoms with Gasteiger partial charge in [0.2, 0.25) is 0 Å². The van der Waals surface area contributed by atoms with Crippen LogP contribution in [-0.2, 0) is 0 Å². The second kappa shape index (κ2) is 14.9. The Morgan fingerprint density at radius 1 is 1.12 bits per heavy atom. The number of anilines is 3. The van der Waals surface area contributed by atoms with E-state index in [1.54, 1.807) is 24.1 Å². The molecule has 6 rings (SSSR count). The number of rotatable bonds is 9. The van der Waals surface area contributed by atoms with Crippen LogP contribution < -0.4 is 21.6 Å². The van der Waals surface area contributed by atoms with Gasteiger partial charge in [-0.2, -0.15) is 5.26 Å². The Kier molecular flexibility index (Phi) is 10.6. The number of halogens is 3. The Bertz CT molecular complexity index is 2020. The lowest BCUT2D eigenvalue weighted by molar-refractivity contribution is 0.0570. The quantitative estimate of drug-likeness (QED) is 0.136. The molecule has 1 saturated heterocycles. The van der Waals surface area contributed by atoms with Crippen molar-refractivity contribution in [3.8, 4) is 6.07 Å². The highest BCUT2D eigenvalue weighted by atomic mass is 35.5. The molecule has 1 fully saturated rings. The number of benzene rings is 3. The summed E-state index contributed by atoms with van der Waals surface area (Å²) < 4.78 is 14.0. The highest BCUT2D eigenvalue weighted by molar-refractivity contribution is 6.36. The van der Waals surface area contributed by atoms with Gasteiger partial charge in [0.25, 0.3) is 5.91 Å². The van der Waals surface area contributed by atoms with E-state index in [4.69, 9.17) is 23.2 Å². The predicted octanol–water partition coefficient (Wildman–Crippen LogP) is 7.97. The second-order valence-electron chi connectivity index (χ2n) is 13.9. The molecule has 266 valence electrons. The number of hydrogen-bond donors (Lipinski definition) is 4. The SMILES string of the molecule is CCN(C)C(=O)c1cccc([C@H](Nc2cc(Cl)c3ncc(C#N)c(Nc4ccc(F)c(Cl)c4)c3c2)C2=CN(C3CCN(C(C)(C)C)CC3)NN2)c1. The molecule has 0 spiro atoms. The van der Waals surface area contributed by atoms with Crippen LogP contribution in [0.5, 0.6) is 0 Å². The lowest BCUT2D eigenvalue weighted by Crippen LogP contribution is -2.52. The third-order valence-electron chi connectivity index (χ3n) is 9.56. The number of hydrogen-bond acceptors (Lipinski definition) is 9. The zero-order valence-corrected chi connectivity index (χ0v) is 30.8. The Morgan fingerprint density at radius 3 is 2.55 bits per heavy atom. The first-order chi connectivity index (χ1) is 24.4. The molecule has 2 aliphatic heterocycles. The van der Waals surface area contributed by atoms with Gasteiger partial charge in [-0.25, -0.2) is 4.39 Å². The van der Waals surface area contributed by atoms with E-state index >= 15 is 0 Å². The number of nitrogens with zero attached hydrogens (tertiary/aromatic N) is 5. The maximum Gasteiger partial charge on any atom is 0.253 e. The Hall–Kier alpha value is -4.60. The van der Waals surface area contributed by atoms with Gasteiger partial charge in [0.1, 0.15) is 11.9 Å². The number of nitrogens with one attached hydrogen (secondary N) is 4. The Labute approximate surface area is 308 Å². The first-order valence-corrected chi connectivity index (χ1v) is 17.7. The summed E-state index contributed by atoms with van der Waals surface area (Å²) in [7, 11) is 1.78. The van der Waals surface area contributed by atoms with Gasteiger partial charge >= 0.3 is 0 Å². The fraction of sp³-hybridized carbons (Fsp3) is 0.342. The largest absolute Gasteiger partial charge is 0.373 e. The Morgan fingerprint density at radius 2 is 1.86 bits per heavy atom. The average Bonchev–Trinajstić information content (AvgIpc) is 3.61. The minimum absolute atomic E-state index is 0.0503. The van der Waals surface area contributed by atoms with Crippen molar-refractivity contribution in [1.82, 2.24) is 30.8 Å². The van der Waals surface area contributed by atoms with Crippen LogP contribution in [-0.4, -0.2) is 64.0 Å². The zero-order chi connectivity index (χ0) is 36.4. The van der Waals surface area contributed by atoms with Crippen molar-refractivity contribution in [2.75, 3.05) is 37.3 Å². The van der Waals surface area contributed by atoms with Gasteiger partial charge in [0, 0.05) is 73.0 Å². The van der Waals surface area contributed by atoms with Crippen LogP contribution in [0.3, 0.4) is 0 Å². The average molecular weight is 731 g/mol. The zero-order valence-electron chi connectivity index (χ0n) is 29.3. The van der Waals surface area contributed by atoms with E-state index in [0.717, 1.165) is 37.2 Å². The van der Waals surface area contributed by atoms with E-state index < -0.39 is 11.9 Å². The number of pyridine rings is 1. The molecular formula is C38H42Cl2FN9O. The second-order valence-corrected chi connectivity index (χ2v) is 14.7. The number of likely N-dealkylation sites (tertiary alicyclic amines) is 1. The lowest BCUT2D eigenvalue weighted by Gasteiger charge is -2.42. The van der Waals surface area contributed by atoms with Gasteiger partial charge in [-0.1, -0.05) is 35.3 Å². The minimum atomic E-state index is -0.548. The number of aromatic nitrogens is 1. The standard InChI is InChI=1S/C38H42Cl2FN9O/c1-6-48(5)37(51)24-9-7-8-23(16-24)35(33-22-50(47-46-33)28-12-14-49(15-13-28)38(2,3)4)45-27-17-29-34(44-26-10-11-32(41)30(39)18-26)25(20-42)21-43-36(29)31(40)19-27/h7-11,16-19,21-22,28,35,45-47H,6,12-15H2,1-5H3,(H,43,44)/t35-/m0/s1. The van der Waals surface area contributed by atoms with Crippen molar-refractivity contribution in [3.05, 3.63) is 105 Å². The summed E-state index contributed by atoms with van der Waals surface area (Å²) in [6.07, 6.45) is 5.55. The van der Waals surface area contributed by atoms with Crippen LogP contribution in [0.25, 0.3) is 10.9 Å². The van der Waals surface area contributed by atoms with Crippen molar-refractivity contribution in [2.45, 2.75) is 58.2 Å². The van der Waals surface area contributed by atoms with Gasteiger partial charge in [0.15, 0.2) is 0 Å². The maximum absolute atomic E-state index is 14.0. The van der Waals surface area contributed by atoms with E-state index in [9.17, 15) is 14.4 Å². The van der Waals surface area contributed by atoms with Crippen molar-refractivity contribution < 1.29 is 9.18 Å². The fourth-order valence-electron chi connectivity index (χ4n) is 6.50. The van der Waals surface area contributed by atoms with Crippen LogP contribution >= 0.6 is 23.2 Å². The van der Waals surface area contributed by atoms with Crippen LogP contribution in [0, 0.1) is 17.1 Å². The molecule has 1 aromatic heterocycles. The van der Waals surface area contributed by atoms with Crippen molar-refractivity contribution in [1.29, 1.82) is 5.26 Å². The highest BCUT2D eigenvalue weighted by Gasteiger charge is 2.32. The summed E-state index contributed by atoms with van der Waals surface area (Å²) in [5.74, 6) is -0.620. The van der Waals surface area contributed by atoms with E-state index in [-0.39, 0.29) is 22.0 Å². The van der Waals surface area contributed by atoms with Crippen LogP contribution in [0.15, 0.2) is 72.7 Å². The molecule has 4 N–H and O–H groups in total. The van der Waals surface area contributed by atoms with Gasteiger partial charge in [-0.15, -0.1) is 5.53 Å². The summed E-state index contributed by atoms with van der Waals surface area (Å²) in [6.45, 7) is 11.3. The molecule has 1 amide bonds. The number of piperidine rings is 1. The molecule has 0 bridgehead atoms. The monoisotopic (exact) mass is 729 g/mol. The normalized spacial score (nSPS) is 16.0. The number of fused-ring (bicyclic) bond motifs is 1. The number of nitriles is 1. The molecule has 0 radical (unpaired) electrons. The summed E-state index contributed by atoms with van der Waals surface area (Å²) >= 11 is 12.9. The van der Waals surface area contributed by atoms with E-state index in [0.29, 0.717) is 51.1 Å². The molecule has 2 aliphatic rings. The molecule has 1 atom stereocenters. The molecule has 0 saturated carbocycles. The first-order valence-electron chi connectivity index (χ1n) is 17.0. The van der Waals surface area contributed by atoms with Gasteiger partial charge in [-0.3, -0.25) is 19.7 Å². The third-order valence-corrected chi connectivity index (χ3v) is 10.1. The van der Waals surface area contributed by atoms with Gasteiger partial charge in [0.05, 0.1) is 38.6 Å². The van der Waals surface area contributed by atoms with Crippen LogP contribution in [0.4, 0.5) is 21.5 Å². The molecule has 51 heavy (non-hydrogen) atoms. The molecule has 0 aliphatic carbocycles. The summed E-state index contributed by atoms with van der Waals surface area (Å²) in [6, 6.07) is 17.6. The van der Waals surface area contributed by atoms with E-state index in [2.05, 4.69) is 69.5 Å². The number of carbonyl (C=O) groups excluding carboxylic acids is 1. The predicted molar refractivity (Wildman–Crippen MR) is 202 cm³/mol. The molecule has 10 nitrogen and oxygen atoms in total. The smallest absolute Gasteiger partial charge is 0.253 e. The third kappa shape index (κ3) is 7.85. The first kappa shape index (κ1) is 36.2. The minimum Gasteiger partial charge on any atom is -0.373 e. The van der Waals surface area contributed by atoms with Crippen molar-refractivity contribution in [2.24, 2.45) is 0 Å². The fourth-order valence-corrected chi connectivity index (χ4v) is 6.95. The summed E-state index contributed by atoms with van der Waals surface area (Å²) in [4.78, 5) is 21.9. The molecule has 13 heteroatoms. The molecular weight excluding hydrogens is 688 g/mol. The van der Waals surface area contributed by atoms with Crippen LogP contribution in [0.2, 0.25) is 10.0 Å². The molecule has 4 aromatic rings. The lowest BCUT2D eigenvalue weighted by atomic mass is 9.97. The number of carbonyl (C=O) groups is 1. The van der Waals surface area contributed by atoms with Gasteiger partial charge in [-0.05, 0) is 88.6 Å². The van der Waals surface area contributed by atoms with Crippen LogP contribution in [0.1, 0.15) is 68.1 Å². The Balaban J connectivity index is 1.38. The van der Waals surface area contributed by atoms with Crippen molar-refractivity contribution in [3.63, 3.8) is 0 Å². The summed E-state index contributed by atoms with van der Waals surface area (Å²) in [5.41, 5.74) is 11.5. The van der Waals surface area contributed by atoms with E-state index in [1.165, 1.54) is 18.3 Å². The van der Waals surface area contributed by atoms with Crippen molar-refractivity contribution >= 4 is 57.1 Å².